The minimum Gasteiger partial charge on any atom is -0.480 e. The summed E-state index contributed by atoms with van der Waals surface area (Å²) >= 11 is 0. The molecule has 0 aliphatic carbocycles. The third kappa shape index (κ3) is 8.66. The first-order valence-corrected chi connectivity index (χ1v) is 11.5. The molecule has 0 spiro atoms. The van der Waals surface area contributed by atoms with Crippen LogP contribution in [0.15, 0.2) is 0 Å². The van der Waals surface area contributed by atoms with Gasteiger partial charge in [-0.15, -0.1) is 0 Å². The normalized spacial score (nSPS) is 15.0. The van der Waals surface area contributed by atoms with Gasteiger partial charge in [0.25, 0.3) is 0 Å². The minimum atomic E-state index is -2.15. The number of carboxylic acid groups (broad SMARTS) is 1. The number of carboxylic acids is 1. The molecule has 3 N–H and O–H groups in total. The van der Waals surface area contributed by atoms with Crippen LogP contribution in [0, 0.1) is 0 Å². The molecular weight excluding hydrogens is 356 g/mol. The van der Waals surface area contributed by atoms with E-state index >= 15 is 0 Å². The van der Waals surface area contributed by atoms with Crippen LogP contribution >= 0.6 is 0 Å². The van der Waals surface area contributed by atoms with Crippen LogP contribution in [0.3, 0.4) is 0 Å². The summed E-state index contributed by atoms with van der Waals surface area (Å²) in [7, 11) is -2.15. The van der Waals surface area contributed by atoms with Gasteiger partial charge in [-0.2, -0.15) is 0 Å². The van der Waals surface area contributed by atoms with Gasteiger partial charge in [0.2, 0.25) is 5.91 Å². The zero-order valence-corrected chi connectivity index (χ0v) is 18.4. The maximum atomic E-state index is 12.2. The van der Waals surface area contributed by atoms with Crippen molar-refractivity contribution in [2.24, 2.45) is 0 Å². The van der Waals surface area contributed by atoms with Gasteiger partial charge in [0.1, 0.15) is 17.7 Å². The molecule has 2 atom stereocenters. The maximum absolute atomic E-state index is 12.2. The largest absolute Gasteiger partial charge is 0.480 e. The first-order chi connectivity index (χ1) is 11.5. The molecule has 0 aromatic rings. The van der Waals surface area contributed by atoms with Crippen molar-refractivity contribution in [3.63, 3.8) is 0 Å². The molecule has 0 aliphatic rings. The molecule has 0 unspecified atom stereocenters. The van der Waals surface area contributed by atoms with Crippen LogP contribution in [-0.4, -0.2) is 55.7 Å². The second kappa shape index (κ2) is 8.85. The fourth-order valence-electron chi connectivity index (χ4n) is 1.53. The van der Waals surface area contributed by atoms with E-state index in [4.69, 9.17) is 9.16 Å². The van der Waals surface area contributed by atoms with Crippen LogP contribution in [0.4, 0.5) is 4.79 Å². The van der Waals surface area contributed by atoms with Crippen molar-refractivity contribution in [2.45, 2.75) is 84.3 Å². The number of hydrogen-bond acceptors (Lipinski definition) is 5. The number of carbonyl (C=O) groups excluding carboxylic acids is 2. The van der Waals surface area contributed by atoms with Gasteiger partial charge in [-0.1, -0.05) is 20.8 Å². The molecule has 0 aromatic heterocycles. The lowest BCUT2D eigenvalue weighted by Crippen LogP contribution is -2.54. The summed E-state index contributed by atoms with van der Waals surface area (Å²) < 4.78 is 11.0. The number of amides is 2. The summed E-state index contributed by atoms with van der Waals surface area (Å²) in [4.78, 5) is 35.3. The maximum Gasteiger partial charge on any atom is 0.408 e. The molecule has 26 heavy (non-hydrogen) atoms. The van der Waals surface area contributed by atoms with E-state index in [-0.39, 0.29) is 11.6 Å². The summed E-state index contributed by atoms with van der Waals surface area (Å²) in [5, 5.41) is 14.0. The van der Waals surface area contributed by atoms with Crippen molar-refractivity contribution in [3.05, 3.63) is 0 Å². The molecule has 0 saturated heterocycles. The molecule has 9 heteroatoms. The molecule has 0 rings (SSSR count). The lowest BCUT2D eigenvalue weighted by atomic mass is 10.2. The highest BCUT2D eigenvalue weighted by atomic mass is 28.4. The first kappa shape index (κ1) is 24.4. The van der Waals surface area contributed by atoms with Gasteiger partial charge in [0.15, 0.2) is 8.32 Å². The molecule has 0 bridgehead atoms. The number of carbonyl (C=O) groups is 3. The Labute approximate surface area is 157 Å². The zero-order chi connectivity index (χ0) is 20.9. The number of rotatable bonds is 7. The number of nitrogens with one attached hydrogen (secondary N) is 2. The second-order valence-corrected chi connectivity index (χ2v) is 13.6. The highest BCUT2D eigenvalue weighted by Gasteiger charge is 2.38. The third-order valence-electron chi connectivity index (χ3n) is 4.16. The van der Waals surface area contributed by atoms with E-state index in [2.05, 4.69) is 10.6 Å². The molecule has 0 fully saturated rings. The van der Waals surface area contributed by atoms with Crippen molar-refractivity contribution in [2.75, 3.05) is 6.61 Å². The van der Waals surface area contributed by atoms with E-state index in [1.165, 1.54) is 6.92 Å². The molecular formula is C17H34N2O6Si. The molecule has 152 valence electrons. The van der Waals surface area contributed by atoms with Crippen LogP contribution < -0.4 is 10.6 Å². The van der Waals surface area contributed by atoms with E-state index in [1.807, 2.05) is 33.9 Å². The molecule has 8 nitrogen and oxygen atoms in total. The predicted octanol–water partition coefficient (Wildman–Crippen LogP) is 2.49. The lowest BCUT2D eigenvalue weighted by Gasteiger charge is -2.37. The Kier molecular flexibility index (Phi) is 8.30. The molecule has 0 aliphatic heterocycles. The van der Waals surface area contributed by atoms with Gasteiger partial charge in [-0.05, 0) is 45.8 Å². The van der Waals surface area contributed by atoms with E-state index < -0.39 is 44.0 Å². The highest BCUT2D eigenvalue weighted by molar-refractivity contribution is 6.74. The number of alkyl carbamates (subject to hydrolysis) is 1. The predicted molar refractivity (Wildman–Crippen MR) is 102 cm³/mol. The van der Waals surface area contributed by atoms with Gasteiger partial charge in [-0.25, -0.2) is 9.59 Å². The fraction of sp³-hybridized carbons (Fsp3) is 0.824. The van der Waals surface area contributed by atoms with E-state index in [0.29, 0.717) is 0 Å². The molecule has 0 heterocycles. The fourth-order valence-corrected chi connectivity index (χ4v) is 2.55. The van der Waals surface area contributed by atoms with Gasteiger partial charge < -0.3 is 24.9 Å². The van der Waals surface area contributed by atoms with Crippen molar-refractivity contribution in [3.8, 4) is 0 Å². The molecule has 2 amide bonds. The number of aliphatic carboxylic acids is 1. The SMILES string of the molecule is C[C@@H](NC(=O)OC(C)(C)C)C(=O)N[C@H](CO[Si](C)(C)C(C)(C)C)C(=O)O. The average Bonchev–Trinajstić information content (AvgIpc) is 2.38. The van der Waals surface area contributed by atoms with Crippen molar-refractivity contribution in [1.82, 2.24) is 10.6 Å². The summed E-state index contributed by atoms with van der Waals surface area (Å²) in [6.45, 7) is 16.6. The van der Waals surface area contributed by atoms with Crippen LogP contribution in [0.5, 0.6) is 0 Å². The summed E-state index contributed by atoms with van der Waals surface area (Å²) in [5.41, 5.74) is -0.694. The molecule has 0 radical (unpaired) electrons. The van der Waals surface area contributed by atoms with Crippen LogP contribution in [0.2, 0.25) is 18.1 Å². The number of ether oxygens (including phenoxy) is 1. The summed E-state index contributed by atoms with van der Waals surface area (Å²) in [5.74, 6) is -1.82. The Morgan fingerprint density at radius 2 is 1.54 bits per heavy atom. The Morgan fingerprint density at radius 3 is 1.92 bits per heavy atom. The van der Waals surface area contributed by atoms with E-state index in [0.717, 1.165) is 0 Å². The van der Waals surface area contributed by atoms with Crippen molar-refractivity contribution >= 4 is 26.3 Å². The van der Waals surface area contributed by atoms with Gasteiger partial charge in [0, 0.05) is 0 Å². The lowest BCUT2D eigenvalue weighted by molar-refractivity contribution is -0.143. The van der Waals surface area contributed by atoms with Crippen LogP contribution in [-0.2, 0) is 18.8 Å². The Hall–Kier alpha value is -1.61. The van der Waals surface area contributed by atoms with Crippen LogP contribution in [0.1, 0.15) is 48.5 Å². The van der Waals surface area contributed by atoms with Gasteiger partial charge in [0.05, 0.1) is 6.61 Å². The summed E-state index contributed by atoms with van der Waals surface area (Å²) in [6.07, 6.45) is -0.746. The van der Waals surface area contributed by atoms with Gasteiger partial charge >= 0.3 is 12.1 Å². The van der Waals surface area contributed by atoms with E-state index in [1.54, 1.807) is 20.8 Å². The van der Waals surface area contributed by atoms with E-state index in [9.17, 15) is 19.5 Å². The number of hydrogen-bond donors (Lipinski definition) is 3. The molecule has 0 saturated carbocycles. The minimum absolute atomic E-state index is 0.0778. The smallest absolute Gasteiger partial charge is 0.408 e. The standard InChI is InChI=1S/C17H34N2O6Si/c1-11(18-15(23)25-16(2,3)4)13(20)19-12(14(21)22)10-24-26(8,9)17(5,6)7/h11-12H,10H2,1-9H3,(H,18,23)(H,19,20)(H,21,22)/t11-,12-/m1/s1. The average molecular weight is 391 g/mol. The van der Waals surface area contributed by atoms with Gasteiger partial charge in [-0.3, -0.25) is 4.79 Å². The Morgan fingerprint density at radius 1 is 1.04 bits per heavy atom. The van der Waals surface area contributed by atoms with Crippen LogP contribution in [0.25, 0.3) is 0 Å². The van der Waals surface area contributed by atoms with Crippen molar-refractivity contribution < 1.29 is 28.7 Å². The topological polar surface area (TPSA) is 114 Å². The Balaban J connectivity index is 4.78. The monoisotopic (exact) mass is 390 g/mol. The van der Waals surface area contributed by atoms with Crippen molar-refractivity contribution in [1.29, 1.82) is 0 Å². The second-order valence-electron chi connectivity index (χ2n) is 8.84. The third-order valence-corrected chi connectivity index (χ3v) is 8.66. The first-order valence-electron chi connectivity index (χ1n) is 8.63. The quantitative estimate of drug-likeness (QED) is 0.576. The Bertz CT molecular complexity index is 522. The highest BCUT2D eigenvalue weighted by Crippen LogP contribution is 2.36. The molecule has 0 aromatic carbocycles. The zero-order valence-electron chi connectivity index (χ0n) is 17.4. The summed E-state index contributed by atoms with van der Waals surface area (Å²) in [6, 6.07) is -2.14.